The molecule has 9 heteroatoms. The lowest BCUT2D eigenvalue weighted by Gasteiger charge is -2.30. The number of carbonyl (C=O) groups excluding carboxylic acids is 3. The third-order valence-corrected chi connectivity index (χ3v) is 4.58. The van der Waals surface area contributed by atoms with Crippen molar-refractivity contribution < 1.29 is 23.9 Å². The Morgan fingerprint density at radius 1 is 1.11 bits per heavy atom. The minimum atomic E-state index is -0.570. The van der Waals surface area contributed by atoms with Gasteiger partial charge in [-0.3, -0.25) is 9.59 Å². The molecular weight excluding hydrogens is 364 g/mol. The fourth-order valence-corrected chi connectivity index (χ4v) is 3.02. The highest BCUT2D eigenvalue weighted by Gasteiger charge is 2.28. The summed E-state index contributed by atoms with van der Waals surface area (Å²) in [6.07, 6.45) is 4.09. The first-order chi connectivity index (χ1) is 13.6. The molecule has 9 nitrogen and oxygen atoms in total. The van der Waals surface area contributed by atoms with Gasteiger partial charge in [-0.05, 0) is 44.0 Å². The van der Waals surface area contributed by atoms with Crippen molar-refractivity contribution in [1.29, 1.82) is 0 Å². The fourth-order valence-electron chi connectivity index (χ4n) is 3.02. The average molecular weight is 386 g/mol. The molecule has 1 saturated heterocycles. The molecule has 0 bridgehead atoms. The average Bonchev–Trinajstić information content (AvgIpc) is 3.27. The molecule has 1 aromatic carbocycles. The van der Waals surface area contributed by atoms with Crippen LogP contribution < -0.4 is 0 Å². The highest BCUT2D eigenvalue weighted by Crippen LogP contribution is 2.19. The highest BCUT2D eigenvalue weighted by atomic mass is 16.5. The molecule has 2 aromatic rings. The number of amides is 1. The number of hydrogen-bond donors (Lipinski definition) is 0. The minimum Gasteiger partial charge on any atom is -0.466 e. The minimum absolute atomic E-state index is 0.171. The number of carbonyl (C=O) groups is 3. The van der Waals surface area contributed by atoms with Crippen LogP contribution in [0.5, 0.6) is 0 Å². The van der Waals surface area contributed by atoms with Gasteiger partial charge in [-0.2, -0.15) is 5.10 Å². The van der Waals surface area contributed by atoms with Gasteiger partial charge in [0.15, 0.2) is 6.61 Å². The number of aromatic nitrogens is 3. The maximum absolute atomic E-state index is 12.3. The molecule has 3 rings (SSSR count). The Bertz CT molecular complexity index is 811. The Hall–Kier alpha value is -3.23. The number of ether oxygens (including phenoxy) is 2. The van der Waals surface area contributed by atoms with Crippen molar-refractivity contribution in [3.63, 3.8) is 0 Å². The molecule has 0 spiro atoms. The van der Waals surface area contributed by atoms with Gasteiger partial charge in [0, 0.05) is 13.1 Å². The quantitative estimate of drug-likeness (QED) is 0.688. The first-order valence-electron chi connectivity index (χ1n) is 9.15. The zero-order valence-corrected chi connectivity index (χ0v) is 15.6. The second-order valence-electron chi connectivity index (χ2n) is 6.37. The molecule has 1 aromatic heterocycles. The van der Waals surface area contributed by atoms with Crippen LogP contribution in [0.4, 0.5) is 0 Å². The Kier molecular flexibility index (Phi) is 6.36. The lowest BCUT2D eigenvalue weighted by Crippen LogP contribution is -2.42. The predicted octanol–water partition coefficient (Wildman–Crippen LogP) is 1.23. The molecule has 0 saturated carbocycles. The van der Waals surface area contributed by atoms with Gasteiger partial charge < -0.3 is 14.4 Å². The second kappa shape index (κ2) is 9.12. The standard InChI is InChI=1S/C19H22N4O5/c1-2-27-18(25)15-7-9-22(10-8-15)17(24)11-28-19(26)14-3-5-16(6-4-14)23-13-20-12-21-23/h3-6,12-13,15H,2,7-11H2,1H3. The van der Waals surface area contributed by atoms with Crippen LogP contribution in [0.2, 0.25) is 0 Å². The summed E-state index contributed by atoms with van der Waals surface area (Å²) < 4.78 is 11.7. The van der Waals surface area contributed by atoms with E-state index >= 15 is 0 Å². The molecule has 0 radical (unpaired) electrons. The van der Waals surface area contributed by atoms with E-state index in [4.69, 9.17) is 9.47 Å². The molecule has 1 aliphatic rings. The zero-order chi connectivity index (χ0) is 19.9. The van der Waals surface area contributed by atoms with Crippen molar-refractivity contribution in [3.05, 3.63) is 42.5 Å². The third-order valence-electron chi connectivity index (χ3n) is 4.58. The summed E-state index contributed by atoms with van der Waals surface area (Å²) >= 11 is 0. The molecule has 2 heterocycles. The SMILES string of the molecule is CCOC(=O)C1CCN(C(=O)COC(=O)c2ccc(-n3cncn3)cc2)CC1. The Balaban J connectivity index is 1.46. The van der Waals surface area contributed by atoms with Crippen molar-refractivity contribution in [2.24, 2.45) is 5.92 Å². The van der Waals surface area contributed by atoms with Crippen LogP contribution in [0.25, 0.3) is 5.69 Å². The number of benzene rings is 1. The number of hydrogen-bond acceptors (Lipinski definition) is 7. The molecule has 0 unspecified atom stereocenters. The normalized spacial score (nSPS) is 14.5. The van der Waals surface area contributed by atoms with Gasteiger partial charge >= 0.3 is 11.9 Å². The smallest absolute Gasteiger partial charge is 0.338 e. The molecule has 0 N–H and O–H groups in total. The molecular formula is C19H22N4O5. The van der Waals surface area contributed by atoms with Crippen LogP contribution >= 0.6 is 0 Å². The third kappa shape index (κ3) is 4.73. The van der Waals surface area contributed by atoms with E-state index in [1.165, 1.54) is 6.33 Å². The van der Waals surface area contributed by atoms with Crippen molar-refractivity contribution in [2.45, 2.75) is 19.8 Å². The Labute approximate surface area is 162 Å². The summed E-state index contributed by atoms with van der Waals surface area (Å²) in [5.41, 5.74) is 1.10. The van der Waals surface area contributed by atoms with Crippen LogP contribution in [0, 0.1) is 5.92 Å². The van der Waals surface area contributed by atoms with E-state index in [2.05, 4.69) is 10.1 Å². The van der Waals surface area contributed by atoms with Crippen LogP contribution in [0.3, 0.4) is 0 Å². The molecule has 1 amide bonds. The van der Waals surface area contributed by atoms with E-state index in [-0.39, 0.29) is 24.4 Å². The van der Waals surface area contributed by atoms with Crippen molar-refractivity contribution >= 4 is 17.8 Å². The van der Waals surface area contributed by atoms with Gasteiger partial charge in [-0.15, -0.1) is 0 Å². The van der Waals surface area contributed by atoms with Gasteiger partial charge in [0.1, 0.15) is 12.7 Å². The van der Waals surface area contributed by atoms with E-state index in [0.717, 1.165) is 5.69 Å². The number of piperidine rings is 1. The molecule has 1 fully saturated rings. The lowest BCUT2D eigenvalue weighted by atomic mass is 9.97. The topological polar surface area (TPSA) is 104 Å². The van der Waals surface area contributed by atoms with Crippen LogP contribution in [-0.2, 0) is 19.1 Å². The molecule has 1 aliphatic heterocycles. The summed E-state index contributed by atoms with van der Waals surface area (Å²) in [4.78, 5) is 41.6. The summed E-state index contributed by atoms with van der Waals surface area (Å²) in [6.45, 7) is 2.70. The predicted molar refractivity (Wildman–Crippen MR) is 97.6 cm³/mol. The van der Waals surface area contributed by atoms with E-state index in [9.17, 15) is 14.4 Å². The molecule has 148 valence electrons. The number of likely N-dealkylation sites (tertiary alicyclic amines) is 1. The molecule has 0 atom stereocenters. The van der Waals surface area contributed by atoms with E-state index in [1.807, 2.05) is 0 Å². The number of rotatable bonds is 6. The first-order valence-corrected chi connectivity index (χ1v) is 9.15. The largest absolute Gasteiger partial charge is 0.466 e. The van der Waals surface area contributed by atoms with Gasteiger partial charge in [-0.25, -0.2) is 14.5 Å². The summed E-state index contributed by atoms with van der Waals surface area (Å²) in [5, 5.41) is 4.01. The fraction of sp³-hybridized carbons (Fsp3) is 0.421. The van der Waals surface area contributed by atoms with Crippen LogP contribution in [0.15, 0.2) is 36.9 Å². The number of esters is 2. The first kappa shape index (κ1) is 19.5. The summed E-state index contributed by atoms with van der Waals surface area (Å²) in [7, 11) is 0. The van der Waals surface area contributed by atoms with Gasteiger partial charge in [0.2, 0.25) is 0 Å². The van der Waals surface area contributed by atoms with Gasteiger partial charge in [0.25, 0.3) is 5.91 Å². The maximum atomic E-state index is 12.3. The second-order valence-corrected chi connectivity index (χ2v) is 6.37. The highest BCUT2D eigenvalue weighted by molar-refractivity contribution is 5.91. The Morgan fingerprint density at radius 3 is 2.43 bits per heavy atom. The van der Waals surface area contributed by atoms with Crippen molar-refractivity contribution in [1.82, 2.24) is 19.7 Å². The molecule has 0 aliphatic carbocycles. The van der Waals surface area contributed by atoms with E-state index < -0.39 is 5.97 Å². The maximum Gasteiger partial charge on any atom is 0.338 e. The lowest BCUT2D eigenvalue weighted by molar-refractivity contribution is -0.151. The van der Waals surface area contributed by atoms with Crippen molar-refractivity contribution in [2.75, 3.05) is 26.3 Å². The van der Waals surface area contributed by atoms with Gasteiger partial charge in [0.05, 0.1) is 23.8 Å². The zero-order valence-electron chi connectivity index (χ0n) is 15.6. The van der Waals surface area contributed by atoms with Crippen LogP contribution in [0.1, 0.15) is 30.1 Å². The molecule has 28 heavy (non-hydrogen) atoms. The van der Waals surface area contributed by atoms with E-state index in [1.54, 1.807) is 47.1 Å². The monoisotopic (exact) mass is 386 g/mol. The van der Waals surface area contributed by atoms with Crippen molar-refractivity contribution in [3.8, 4) is 5.69 Å². The van der Waals surface area contributed by atoms with Crippen LogP contribution in [-0.4, -0.2) is 63.8 Å². The summed E-state index contributed by atoms with van der Waals surface area (Å²) in [5.74, 6) is -1.22. The Morgan fingerprint density at radius 2 is 1.82 bits per heavy atom. The number of nitrogens with zero attached hydrogens (tertiary/aromatic N) is 4. The summed E-state index contributed by atoms with van der Waals surface area (Å²) in [6, 6.07) is 6.64. The van der Waals surface area contributed by atoms with E-state index in [0.29, 0.717) is 38.1 Å². The van der Waals surface area contributed by atoms with Gasteiger partial charge in [-0.1, -0.05) is 0 Å².